The molecule has 6 heteroatoms. The van der Waals surface area contributed by atoms with Gasteiger partial charge in [-0.3, -0.25) is 4.98 Å². The van der Waals surface area contributed by atoms with Crippen LogP contribution in [0.15, 0.2) is 30.5 Å². The molecule has 0 saturated carbocycles. The van der Waals surface area contributed by atoms with Crippen molar-refractivity contribution in [2.24, 2.45) is 0 Å². The molecule has 2 rings (SSSR count). The van der Waals surface area contributed by atoms with Gasteiger partial charge >= 0.3 is 5.97 Å². The first kappa shape index (κ1) is 13.5. The van der Waals surface area contributed by atoms with E-state index in [-0.39, 0.29) is 16.9 Å². The first-order valence-electron chi connectivity index (χ1n) is 5.65. The molecule has 0 atom stereocenters. The van der Waals surface area contributed by atoms with E-state index in [0.717, 1.165) is 0 Å². The topological polar surface area (TPSA) is 66.6 Å². The number of carbonyl (C=O) groups is 1. The molecule has 0 unspecified atom stereocenters. The van der Waals surface area contributed by atoms with Crippen LogP contribution in [-0.2, 0) is 0 Å². The van der Waals surface area contributed by atoms with Crippen LogP contribution in [0.4, 0.5) is 15.8 Å². The monoisotopic (exact) mass is 271 g/mol. The van der Waals surface area contributed by atoms with Crippen LogP contribution in [0, 0.1) is 12.4 Å². The molecule has 0 fully saturated rings. The fourth-order valence-electron chi connectivity index (χ4n) is 1.80. The third-order valence-corrected chi connectivity index (χ3v) is 2.74. The van der Waals surface area contributed by atoms with Crippen LogP contribution in [0.2, 0.25) is 0 Å². The summed E-state index contributed by atoms with van der Waals surface area (Å²) in [5.74, 6) is -1.68. The molecule has 0 amide bonds. The Hall–Kier alpha value is -2.94. The molecule has 0 aliphatic rings. The number of rotatable bonds is 3. The lowest BCUT2D eigenvalue weighted by atomic mass is 10.1. The minimum atomic E-state index is -1.09. The van der Waals surface area contributed by atoms with Gasteiger partial charge in [0.1, 0.15) is 5.82 Å². The number of hydrogen-bond acceptors (Lipinski definition) is 3. The molecule has 2 aromatic rings. The molecule has 1 heterocycles. The van der Waals surface area contributed by atoms with Gasteiger partial charge < -0.3 is 10.4 Å². The van der Waals surface area contributed by atoms with Crippen LogP contribution in [0.3, 0.4) is 0 Å². The molecule has 0 radical (unpaired) electrons. The summed E-state index contributed by atoms with van der Waals surface area (Å²) in [6, 6.07) is 5.37. The van der Waals surface area contributed by atoms with Crippen LogP contribution >= 0.6 is 0 Å². The summed E-state index contributed by atoms with van der Waals surface area (Å²) < 4.78 is 13.9. The number of aromatic nitrogens is 1. The molecule has 1 aromatic heterocycles. The van der Waals surface area contributed by atoms with Crippen molar-refractivity contribution in [3.05, 3.63) is 53.3 Å². The van der Waals surface area contributed by atoms with Gasteiger partial charge in [-0.25, -0.2) is 14.0 Å². The van der Waals surface area contributed by atoms with E-state index in [2.05, 4.69) is 15.1 Å². The Labute approximate surface area is 114 Å². The van der Waals surface area contributed by atoms with E-state index in [1.807, 2.05) is 0 Å². The van der Waals surface area contributed by atoms with Gasteiger partial charge in [0.05, 0.1) is 23.5 Å². The van der Waals surface area contributed by atoms with Crippen molar-refractivity contribution in [1.29, 1.82) is 0 Å². The van der Waals surface area contributed by atoms with Crippen LogP contribution in [0.1, 0.15) is 10.4 Å². The second-order valence-electron chi connectivity index (χ2n) is 3.95. The maximum Gasteiger partial charge on any atom is 0.335 e. The maximum absolute atomic E-state index is 13.9. The summed E-state index contributed by atoms with van der Waals surface area (Å²) in [6.45, 7) is 7.06. The second kappa shape index (κ2) is 5.36. The van der Waals surface area contributed by atoms with Gasteiger partial charge in [0.25, 0.3) is 0 Å². The van der Waals surface area contributed by atoms with E-state index in [4.69, 9.17) is 11.7 Å². The number of nitrogens with one attached hydrogen (secondary N) is 1. The van der Waals surface area contributed by atoms with Crippen molar-refractivity contribution in [3.8, 4) is 11.3 Å². The molecule has 0 aliphatic carbocycles. The number of nitrogens with zero attached hydrogens (tertiary/aromatic N) is 2. The highest BCUT2D eigenvalue weighted by Crippen LogP contribution is 2.33. The first-order valence-corrected chi connectivity index (χ1v) is 5.65. The third-order valence-electron chi connectivity index (χ3n) is 2.74. The highest BCUT2D eigenvalue weighted by atomic mass is 19.1. The second-order valence-corrected chi connectivity index (χ2v) is 3.95. The van der Waals surface area contributed by atoms with Crippen molar-refractivity contribution in [1.82, 2.24) is 4.98 Å². The molecule has 2 N–H and O–H groups in total. The lowest BCUT2D eigenvalue weighted by molar-refractivity contribution is 0.0697. The summed E-state index contributed by atoms with van der Waals surface area (Å²) >= 11 is 0. The number of aromatic carboxylic acids is 1. The largest absolute Gasteiger partial charge is 0.478 e. The molecule has 0 spiro atoms. The maximum atomic E-state index is 13.9. The number of anilines is 1. The van der Waals surface area contributed by atoms with Crippen LogP contribution in [-0.4, -0.2) is 23.1 Å². The molecule has 1 aromatic carbocycles. The number of carboxylic acid groups (broad SMARTS) is 1. The van der Waals surface area contributed by atoms with Gasteiger partial charge in [0.15, 0.2) is 0 Å². The fourth-order valence-corrected chi connectivity index (χ4v) is 1.80. The van der Waals surface area contributed by atoms with E-state index in [1.54, 1.807) is 0 Å². The van der Waals surface area contributed by atoms with E-state index in [0.29, 0.717) is 11.3 Å². The Morgan fingerprint density at radius 2 is 2.20 bits per heavy atom. The number of hydrogen-bond donors (Lipinski definition) is 2. The number of carboxylic acids is 1. The van der Waals surface area contributed by atoms with Crippen molar-refractivity contribution in [2.75, 3.05) is 12.4 Å². The summed E-state index contributed by atoms with van der Waals surface area (Å²) in [5, 5.41) is 11.6. The third kappa shape index (κ3) is 2.42. The lowest BCUT2D eigenvalue weighted by Gasteiger charge is -2.08. The van der Waals surface area contributed by atoms with Crippen LogP contribution in [0.5, 0.6) is 0 Å². The van der Waals surface area contributed by atoms with Crippen LogP contribution < -0.4 is 5.32 Å². The van der Waals surface area contributed by atoms with Crippen molar-refractivity contribution in [3.63, 3.8) is 0 Å². The zero-order valence-corrected chi connectivity index (χ0v) is 10.5. The predicted octanol–water partition coefficient (Wildman–Crippen LogP) is 3.18. The summed E-state index contributed by atoms with van der Waals surface area (Å²) in [4.78, 5) is 18.2. The average molecular weight is 271 g/mol. The highest BCUT2D eigenvalue weighted by molar-refractivity contribution is 5.89. The number of pyridine rings is 1. The Morgan fingerprint density at radius 3 is 2.80 bits per heavy atom. The Balaban J connectivity index is 2.59. The number of benzene rings is 1. The Kier molecular flexibility index (Phi) is 3.62. The van der Waals surface area contributed by atoms with E-state index in [9.17, 15) is 9.18 Å². The van der Waals surface area contributed by atoms with E-state index >= 15 is 0 Å². The summed E-state index contributed by atoms with van der Waals surface area (Å²) in [7, 11) is 1.52. The normalized spacial score (nSPS) is 9.85. The van der Waals surface area contributed by atoms with Gasteiger partial charge in [0, 0.05) is 13.2 Å². The molecule has 20 heavy (non-hydrogen) atoms. The average Bonchev–Trinajstić information content (AvgIpc) is 2.46. The standard InChI is InChI=1S/C14H10FN3O2/c1-16-12-7-9(5-10(15)13(12)17-2)11-6-8(14(19)20)3-4-18-11/h3-7,17H,2H3,(H,19,20). The van der Waals surface area contributed by atoms with E-state index in [1.165, 1.54) is 37.5 Å². The smallest absolute Gasteiger partial charge is 0.335 e. The Morgan fingerprint density at radius 1 is 1.45 bits per heavy atom. The predicted molar refractivity (Wildman–Crippen MR) is 72.4 cm³/mol. The van der Waals surface area contributed by atoms with Crippen molar-refractivity contribution in [2.45, 2.75) is 0 Å². The quantitative estimate of drug-likeness (QED) is 0.841. The van der Waals surface area contributed by atoms with Gasteiger partial charge in [-0.05, 0) is 29.8 Å². The molecular weight excluding hydrogens is 261 g/mol. The Bertz CT molecular complexity index is 723. The van der Waals surface area contributed by atoms with E-state index < -0.39 is 11.8 Å². The lowest BCUT2D eigenvalue weighted by Crippen LogP contribution is -1.98. The minimum absolute atomic E-state index is 0.0532. The fraction of sp³-hybridized carbons (Fsp3) is 0.0714. The van der Waals surface area contributed by atoms with Crippen molar-refractivity contribution >= 4 is 17.3 Å². The van der Waals surface area contributed by atoms with Gasteiger partial charge in [0.2, 0.25) is 5.69 Å². The molecule has 0 saturated heterocycles. The first-order chi connectivity index (χ1) is 9.56. The summed E-state index contributed by atoms with van der Waals surface area (Å²) in [5.41, 5.74) is 0.938. The van der Waals surface area contributed by atoms with Gasteiger partial charge in [-0.2, -0.15) is 0 Å². The van der Waals surface area contributed by atoms with Gasteiger partial charge in [-0.1, -0.05) is 0 Å². The summed E-state index contributed by atoms with van der Waals surface area (Å²) in [6.07, 6.45) is 1.33. The molecule has 5 nitrogen and oxygen atoms in total. The molecule has 100 valence electrons. The van der Waals surface area contributed by atoms with Gasteiger partial charge in [-0.15, -0.1) is 0 Å². The minimum Gasteiger partial charge on any atom is -0.478 e. The highest BCUT2D eigenvalue weighted by Gasteiger charge is 2.12. The molecular formula is C14H10FN3O2. The molecule has 0 aliphatic heterocycles. The molecule has 0 bridgehead atoms. The SMILES string of the molecule is [C-]#[N+]c1cc(-c2cc(C(=O)O)ccn2)cc(F)c1NC. The van der Waals surface area contributed by atoms with Crippen LogP contribution in [0.25, 0.3) is 16.1 Å². The van der Waals surface area contributed by atoms with Crippen molar-refractivity contribution < 1.29 is 14.3 Å². The zero-order valence-electron chi connectivity index (χ0n) is 10.5. The number of halogens is 1. The zero-order chi connectivity index (χ0) is 14.7.